The zero-order valence-corrected chi connectivity index (χ0v) is 19.4. The molecular formula is C24H22ClN5O4. The summed E-state index contributed by atoms with van der Waals surface area (Å²) < 4.78 is 7.62. The predicted octanol–water partition coefficient (Wildman–Crippen LogP) is 3.33. The summed E-state index contributed by atoms with van der Waals surface area (Å²) in [5.74, 6) is 0.523. The molecule has 0 fully saturated rings. The minimum Gasteiger partial charge on any atom is -0.494 e. The molecule has 0 bridgehead atoms. The molecule has 1 N–H and O–H groups in total. The Morgan fingerprint density at radius 3 is 2.38 bits per heavy atom. The Bertz CT molecular complexity index is 1460. The number of halogens is 1. The molecule has 0 saturated heterocycles. The SMILES string of the molecule is CCOc1ccc(NC(=O)Cn2c(=O)c3cnc(-c4ccc(Cl)cc4)nc3n(CC)c2=O)cc1. The van der Waals surface area contributed by atoms with Crippen LogP contribution in [0.2, 0.25) is 5.02 Å². The number of aryl methyl sites for hydroxylation is 1. The summed E-state index contributed by atoms with van der Waals surface area (Å²) in [5, 5.41) is 3.41. The van der Waals surface area contributed by atoms with Crippen LogP contribution in [-0.2, 0) is 17.9 Å². The van der Waals surface area contributed by atoms with Gasteiger partial charge in [-0.2, -0.15) is 0 Å². The van der Waals surface area contributed by atoms with Crippen molar-refractivity contribution in [2.24, 2.45) is 0 Å². The van der Waals surface area contributed by atoms with Crippen molar-refractivity contribution >= 4 is 34.2 Å². The van der Waals surface area contributed by atoms with E-state index >= 15 is 0 Å². The Labute approximate surface area is 199 Å². The summed E-state index contributed by atoms with van der Waals surface area (Å²) in [6.45, 7) is 3.99. The number of fused-ring (bicyclic) bond motifs is 1. The lowest BCUT2D eigenvalue weighted by molar-refractivity contribution is -0.116. The predicted molar refractivity (Wildman–Crippen MR) is 130 cm³/mol. The third kappa shape index (κ3) is 4.69. The van der Waals surface area contributed by atoms with Crippen LogP contribution in [0.15, 0.2) is 64.3 Å². The fraction of sp³-hybridized carbons (Fsp3) is 0.208. The average Bonchev–Trinajstić information content (AvgIpc) is 2.84. The number of nitrogens with one attached hydrogen (secondary N) is 1. The lowest BCUT2D eigenvalue weighted by Crippen LogP contribution is -2.42. The van der Waals surface area contributed by atoms with Gasteiger partial charge in [0.25, 0.3) is 5.56 Å². The van der Waals surface area contributed by atoms with E-state index in [-0.39, 0.29) is 17.6 Å². The minimum atomic E-state index is -0.630. The van der Waals surface area contributed by atoms with Crippen LogP contribution in [0.1, 0.15) is 13.8 Å². The number of carbonyl (C=O) groups excluding carboxylic acids is 1. The average molecular weight is 480 g/mol. The molecule has 2 aromatic heterocycles. The highest BCUT2D eigenvalue weighted by Gasteiger charge is 2.17. The van der Waals surface area contributed by atoms with Gasteiger partial charge >= 0.3 is 5.69 Å². The second kappa shape index (κ2) is 9.88. The van der Waals surface area contributed by atoms with Gasteiger partial charge in [0.1, 0.15) is 17.7 Å². The number of hydrogen-bond donors (Lipinski definition) is 1. The standard InChI is InChI=1S/C24H22ClN5O4/c1-3-29-22-19(13-26-21(28-22)15-5-7-16(25)8-6-15)23(32)30(24(29)33)14-20(31)27-17-9-11-18(12-10-17)34-4-2/h5-13H,3-4,14H2,1-2H3,(H,27,31). The lowest BCUT2D eigenvalue weighted by atomic mass is 10.2. The van der Waals surface area contributed by atoms with Gasteiger partial charge in [0.15, 0.2) is 11.5 Å². The van der Waals surface area contributed by atoms with Crippen LogP contribution in [0, 0.1) is 0 Å². The number of ether oxygens (including phenoxy) is 1. The summed E-state index contributed by atoms with van der Waals surface area (Å²) in [6.07, 6.45) is 1.38. The third-order valence-corrected chi connectivity index (χ3v) is 5.38. The van der Waals surface area contributed by atoms with Crippen molar-refractivity contribution < 1.29 is 9.53 Å². The molecule has 0 unspecified atom stereocenters. The largest absolute Gasteiger partial charge is 0.494 e. The molecule has 34 heavy (non-hydrogen) atoms. The molecule has 1 amide bonds. The maximum absolute atomic E-state index is 13.1. The molecule has 9 nitrogen and oxygen atoms in total. The molecule has 0 radical (unpaired) electrons. The van der Waals surface area contributed by atoms with Crippen molar-refractivity contribution in [2.75, 3.05) is 11.9 Å². The Morgan fingerprint density at radius 2 is 1.74 bits per heavy atom. The Balaban J connectivity index is 1.67. The highest BCUT2D eigenvalue weighted by molar-refractivity contribution is 6.30. The van der Waals surface area contributed by atoms with Gasteiger partial charge in [-0.15, -0.1) is 0 Å². The van der Waals surface area contributed by atoms with E-state index in [4.69, 9.17) is 16.3 Å². The monoisotopic (exact) mass is 479 g/mol. The number of aromatic nitrogens is 4. The highest BCUT2D eigenvalue weighted by atomic mass is 35.5. The Kier molecular flexibility index (Phi) is 6.74. The first kappa shape index (κ1) is 23.2. The van der Waals surface area contributed by atoms with E-state index in [1.807, 2.05) is 6.92 Å². The molecule has 10 heteroatoms. The summed E-state index contributed by atoms with van der Waals surface area (Å²) in [6, 6.07) is 13.7. The van der Waals surface area contributed by atoms with Crippen molar-refractivity contribution in [1.29, 1.82) is 0 Å². The molecule has 0 aliphatic heterocycles. The number of anilines is 1. The van der Waals surface area contributed by atoms with Crippen LogP contribution < -0.4 is 21.3 Å². The van der Waals surface area contributed by atoms with Crippen molar-refractivity contribution in [3.05, 3.63) is 80.6 Å². The maximum atomic E-state index is 13.1. The van der Waals surface area contributed by atoms with Crippen LogP contribution in [0.4, 0.5) is 5.69 Å². The fourth-order valence-corrected chi connectivity index (χ4v) is 3.63. The molecule has 4 aromatic rings. The normalized spacial score (nSPS) is 10.9. The van der Waals surface area contributed by atoms with Gasteiger partial charge in [-0.1, -0.05) is 11.6 Å². The van der Waals surface area contributed by atoms with Crippen LogP contribution in [-0.4, -0.2) is 31.6 Å². The zero-order valence-electron chi connectivity index (χ0n) is 18.6. The van der Waals surface area contributed by atoms with Crippen LogP contribution >= 0.6 is 11.6 Å². The van der Waals surface area contributed by atoms with Crippen molar-refractivity contribution in [3.8, 4) is 17.1 Å². The summed E-state index contributed by atoms with van der Waals surface area (Å²) in [5.41, 5.74) is 0.173. The molecule has 174 valence electrons. The molecule has 2 aromatic carbocycles. The second-order valence-corrected chi connectivity index (χ2v) is 7.80. The number of rotatable bonds is 7. The minimum absolute atomic E-state index is 0.146. The van der Waals surface area contributed by atoms with Gasteiger partial charge in [0, 0.05) is 29.0 Å². The summed E-state index contributed by atoms with van der Waals surface area (Å²) in [4.78, 5) is 47.5. The lowest BCUT2D eigenvalue weighted by Gasteiger charge is -2.13. The molecule has 0 saturated carbocycles. The highest BCUT2D eigenvalue weighted by Crippen LogP contribution is 2.19. The first-order valence-corrected chi connectivity index (χ1v) is 11.1. The third-order valence-electron chi connectivity index (χ3n) is 5.13. The van der Waals surface area contributed by atoms with E-state index in [9.17, 15) is 14.4 Å². The van der Waals surface area contributed by atoms with Gasteiger partial charge in [0.05, 0.1) is 6.61 Å². The molecule has 0 spiro atoms. The number of carbonyl (C=O) groups is 1. The summed E-state index contributed by atoms with van der Waals surface area (Å²) >= 11 is 5.94. The van der Waals surface area contributed by atoms with Gasteiger partial charge < -0.3 is 10.1 Å². The van der Waals surface area contributed by atoms with E-state index in [0.29, 0.717) is 34.5 Å². The van der Waals surface area contributed by atoms with E-state index in [2.05, 4.69) is 15.3 Å². The second-order valence-electron chi connectivity index (χ2n) is 7.36. The van der Waals surface area contributed by atoms with E-state index in [1.165, 1.54) is 10.8 Å². The van der Waals surface area contributed by atoms with Crippen molar-refractivity contribution in [3.63, 3.8) is 0 Å². The van der Waals surface area contributed by atoms with Gasteiger partial charge in [-0.05, 0) is 62.4 Å². The van der Waals surface area contributed by atoms with Gasteiger partial charge in [0.2, 0.25) is 5.91 Å². The first-order valence-electron chi connectivity index (χ1n) is 10.7. The zero-order chi connectivity index (χ0) is 24.2. The van der Waals surface area contributed by atoms with E-state index in [0.717, 1.165) is 4.57 Å². The maximum Gasteiger partial charge on any atom is 0.333 e. The molecule has 0 aliphatic rings. The van der Waals surface area contributed by atoms with E-state index < -0.39 is 23.7 Å². The number of amides is 1. The molecule has 4 rings (SSSR count). The number of benzene rings is 2. The van der Waals surface area contributed by atoms with Crippen LogP contribution in [0.25, 0.3) is 22.4 Å². The van der Waals surface area contributed by atoms with Crippen LogP contribution in [0.5, 0.6) is 5.75 Å². The molecule has 0 atom stereocenters. The Hall–Kier alpha value is -3.98. The molecular weight excluding hydrogens is 458 g/mol. The Morgan fingerprint density at radius 1 is 1.03 bits per heavy atom. The first-order chi connectivity index (χ1) is 16.4. The summed E-state index contributed by atoms with van der Waals surface area (Å²) in [7, 11) is 0. The fourth-order valence-electron chi connectivity index (χ4n) is 3.51. The van der Waals surface area contributed by atoms with Crippen LogP contribution in [0.3, 0.4) is 0 Å². The van der Waals surface area contributed by atoms with Crippen molar-refractivity contribution in [2.45, 2.75) is 26.9 Å². The molecule has 2 heterocycles. The number of hydrogen-bond acceptors (Lipinski definition) is 6. The topological polar surface area (TPSA) is 108 Å². The number of nitrogens with zero attached hydrogens (tertiary/aromatic N) is 4. The van der Waals surface area contributed by atoms with E-state index in [1.54, 1.807) is 55.5 Å². The smallest absolute Gasteiger partial charge is 0.333 e. The molecule has 0 aliphatic carbocycles. The van der Waals surface area contributed by atoms with Gasteiger partial charge in [-0.25, -0.2) is 14.8 Å². The van der Waals surface area contributed by atoms with Crippen molar-refractivity contribution in [1.82, 2.24) is 19.1 Å². The van der Waals surface area contributed by atoms with Gasteiger partial charge in [-0.3, -0.25) is 18.7 Å². The quantitative estimate of drug-likeness (QED) is 0.435.